The van der Waals surface area contributed by atoms with Crippen molar-refractivity contribution in [3.8, 4) is 0 Å². The Morgan fingerprint density at radius 1 is 1.24 bits per heavy atom. The van der Waals surface area contributed by atoms with E-state index in [0.29, 0.717) is 6.04 Å². The number of para-hydroxylation sites is 1. The number of hydrogen-bond donors (Lipinski definition) is 0. The van der Waals surface area contributed by atoms with Gasteiger partial charge >= 0.3 is 0 Å². The fraction of sp³-hybridized carbons (Fsp3) is 0.286. The molecule has 1 aliphatic heterocycles. The molecule has 0 radical (unpaired) electrons. The Hall–Kier alpha value is -1.35. The molecule has 1 aliphatic rings. The summed E-state index contributed by atoms with van der Waals surface area (Å²) in [4.78, 5) is 9.38. The van der Waals surface area contributed by atoms with E-state index in [1.54, 1.807) is 0 Å². The zero-order chi connectivity index (χ0) is 11.7. The first kappa shape index (κ1) is 10.8. The van der Waals surface area contributed by atoms with Gasteiger partial charge in [-0.3, -0.25) is 4.99 Å². The number of rotatable bonds is 2. The molecule has 0 unspecified atom stereocenters. The van der Waals surface area contributed by atoms with Crippen molar-refractivity contribution in [3.05, 3.63) is 42.1 Å². The Morgan fingerprint density at radius 3 is 2.94 bits per heavy atom. The molecule has 1 atom stereocenters. The number of thioether (sulfide) groups is 1. The van der Waals surface area contributed by atoms with Gasteiger partial charge in [0, 0.05) is 11.1 Å². The summed E-state index contributed by atoms with van der Waals surface area (Å²) in [6.45, 7) is 2.19. The Labute approximate surface area is 105 Å². The van der Waals surface area contributed by atoms with Crippen molar-refractivity contribution in [1.82, 2.24) is 4.98 Å². The SMILES string of the molecule is CC[C@@H]1CSC(c2ccc3ccccc3n2)=N1. The molecule has 1 aromatic heterocycles. The van der Waals surface area contributed by atoms with Gasteiger partial charge < -0.3 is 0 Å². The van der Waals surface area contributed by atoms with Crippen LogP contribution in [0.25, 0.3) is 10.9 Å². The zero-order valence-electron chi connectivity index (χ0n) is 9.76. The lowest BCUT2D eigenvalue weighted by Crippen LogP contribution is -1.99. The minimum absolute atomic E-state index is 0.475. The summed E-state index contributed by atoms with van der Waals surface area (Å²) in [7, 11) is 0. The van der Waals surface area contributed by atoms with Crippen molar-refractivity contribution in [2.45, 2.75) is 19.4 Å². The van der Waals surface area contributed by atoms with Crippen LogP contribution in [-0.2, 0) is 0 Å². The van der Waals surface area contributed by atoms with Gasteiger partial charge in [0.25, 0.3) is 0 Å². The summed E-state index contributed by atoms with van der Waals surface area (Å²) < 4.78 is 0. The molecule has 2 aromatic rings. The molecular weight excluding hydrogens is 228 g/mol. The molecule has 0 N–H and O–H groups in total. The summed E-state index contributed by atoms with van der Waals surface area (Å²) in [6, 6.07) is 12.9. The minimum atomic E-state index is 0.475. The van der Waals surface area contributed by atoms with Crippen LogP contribution in [0.5, 0.6) is 0 Å². The summed E-state index contributed by atoms with van der Waals surface area (Å²) in [5.41, 5.74) is 2.07. The maximum absolute atomic E-state index is 4.70. The molecule has 3 rings (SSSR count). The van der Waals surface area contributed by atoms with Crippen LogP contribution in [0.1, 0.15) is 19.0 Å². The third kappa shape index (κ3) is 2.07. The van der Waals surface area contributed by atoms with Crippen LogP contribution < -0.4 is 0 Å². The van der Waals surface area contributed by atoms with Gasteiger partial charge in [-0.05, 0) is 18.6 Å². The number of nitrogens with zero attached hydrogens (tertiary/aromatic N) is 2. The molecule has 0 aliphatic carbocycles. The third-order valence-corrected chi connectivity index (χ3v) is 4.14. The van der Waals surface area contributed by atoms with E-state index in [4.69, 9.17) is 4.99 Å². The molecule has 17 heavy (non-hydrogen) atoms. The van der Waals surface area contributed by atoms with Crippen LogP contribution in [0.15, 0.2) is 41.4 Å². The van der Waals surface area contributed by atoms with Crippen molar-refractivity contribution in [2.24, 2.45) is 4.99 Å². The highest BCUT2D eigenvalue weighted by Gasteiger charge is 2.18. The van der Waals surface area contributed by atoms with Crippen LogP contribution in [0.2, 0.25) is 0 Å². The molecule has 0 amide bonds. The summed E-state index contributed by atoms with van der Waals surface area (Å²) >= 11 is 1.82. The highest BCUT2D eigenvalue weighted by molar-refractivity contribution is 8.14. The molecule has 3 heteroatoms. The molecule has 0 saturated heterocycles. The first-order valence-corrected chi connectivity index (χ1v) is 6.92. The number of aliphatic imine (C=N–C) groups is 1. The van der Waals surface area contributed by atoms with E-state index in [0.717, 1.165) is 28.4 Å². The number of hydrogen-bond acceptors (Lipinski definition) is 3. The van der Waals surface area contributed by atoms with Crippen LogP contribution >= 0.6 is 11.8 Å². The lowest BCUT2D eigenvalue weighted by Gasteiger charge is -2.01. The fourth-order valence-corrected chi connectivity index (χ4v) is 3.10. The number of pyridine rings is 1. The van der Waals surface area contributed by atoms with Gasteiger partial charge in [0.05, 0.1) is 17.3 Å². The maximum Gasteiger partial charge on any atom is 0.117 e. The summed E-state index contributed by atoms with van der Waals surface area (Å²) in [6.07, 6.45) is 1.12. The van der Waals surface area contributed by atoms with Crippen LogP contribution in [-0.4, -0.2) is 21.8 Å². The van der Waals surface area contributed by atoms with Gasteiger partial charge in [-0.15, -0.1) is 11.8 Å². The number of benzene rings is 1. The maximum atomic E-state index is 4.70. The van der Waals surface area contributed by atoms with E-state index in [9.17, 15) is 0 Å². The first-order valence-electron chi connectivity index (χ1n) is 5.93. The van der Waals surface area contributed by atoms with E-state index >= 15 is 0 Å². The average Bonchev–Trinajstić information content (AvgIpc) is 2.87. The minimum Gasteiger partial charge on any atom is -0.272 e. The van der Waals surface area contributed by atoms with E-state index in [1.165, 1.54) is 5.39 Å². The molecule has 0 spiro atoms. The second-order valence-corrected chi connectivity index (χ2v) is 5.21. The van der Waals surface area contributed by atoms with Crippen molar-refractivity contribution in [1.29, 1.82) is 0 Å². The predicted molar refractivity (Wildman–Crippen MR) is 74.8 cm³/mol. The Morgan fingerprint density at radius 2 is 2.12 bits per heavy atom. The highest BCUT2D eigenvalue weighted by Crippen LogP contribution is 2.25. The number of fused-ring (bicyclic) bond motifs is 1. The molecule has 0 fully saturated rings. The van der Waals surface area contributed by atoms with Gasteiger partial charge in [-0.1, -0.05) is 31.2 Å². The average molecular weight is 242 g/mol. The lowest BCUT2D eigenvalue weighted by atomic mass is 10.2. The Balaban J connectivity index is 2.01. The molecule has 2 nitrogen and oxygen atoms in total. The lowest BCUT2D eigenvalue weighted by molar-refractivity contribution is 0.738. The predicted octanol–water partition coefficient (Wildman–Crippen LogP) is 3.51. The fourth-order valence-electron chi connectivity index (χ4n) is 1.95. The first-order chi connectivity index (χ1) is 8.36. The van der Waals surface area contributed by atoms with Crippen molar-refractivity contribution in [3.63, 3.8) is 0 Å². The van der Waals surface area contributed by atoms with Crippen molar-refractivity contribution >= 4 is 27.7 Å². The molecule has 1 aromatic carbocycles. The third-order valence-electron chi connectivity index (χ3n) is 3.00. The number of aromatic nitrogens is 1. The Kier molecular flexibility index (Phi) is 2.85. The molecule has 2 heterocycles. The summed E-state index contributed by atoms with van der Waals surface area (Å²) in [5.74, 6) is 1.10. The normalized spacial score (nSPS) is 19.6. The molecule has 86 valence electrons. The standard InChI is InChI=1S/C14H14N2S/c1-2-11-9-17-14(15-11)13-8-7-10-5-3-4-6-12(10)16-13/h3-8,11H,2,9H2,1H3/t11-/m1/s1. The monoisotopic (exact) mass is 242 g/mol. The highest BCUT2D eigenvalue weighted by atomic mass is 32.2. The topological polar surface area (TPSA) is 25.2 Å². The van der Waals surface area contributed by atoms with Gasteiger partial charge in [0.2, 0.25) is 0 Å². The summed E-state index contributed by atoms with van der Waals surface area (Å²) in [5, 5.41) is 2.29. The molecule has 0 bridgehead atoms. The Bertz CT molecular complexity index is 577. The van der Waals surface area contributed by atoms with Crippen LogP contribution in [0.4, 0.5) is 0 Å². The van der Waals surface area contributed by atoms with Gasteiger partial charge in [0.1, 0.15) is 5.04 Å². The second-order valence-electron chi connectivity index (χ2n) is 4.20. The van der Waals surface area contributed by atoms with E-state index in [2.05, 4.69) is 36.2 Å². The van der Waals surface area contributed by atoms with Crippen LogP contribution in [0, 0.1) is 0 Å². The quantitative estimate of drug-likeness (QED) is 0.805. The van der Waals surface area contributed by atoms with Crippen molar-refractivity contribution < 1.29 is 0 Å². The van der Waals surface area contributed by atoms with E-state index in [-0.39, 0.29) is 0 Å². The smallest absolute Gasteiger partial charge is 0.117 e. The van der Waals surface area contributed by atoms with Crippen molar-refractivity contribution in [2.75, 3.05) is 5.75 Å². The van der Waals surface area contributed by atoms with Gasteiger partial charge in [-0.25, -0.2) is 4.98 Å². The van der Waals surface area contributed by atoms with Gasteiger partial charge in [-0.2, -0.15) is 0 Å². The zero-order valence-corrected chi connectivity index (χ0v) is 10.6. The second kappa shape index (κ2) is 4.49. The van der Waals surface area contributed by atoms with E-state index < -0.39 is 0 Å². The van der Waals surface area contributed by atoms with Gasteiger partial charge in [0.15, 0.2) is 0 Å². The molecule has 0 saturated carbocycles. The largest absolute Gasteiger partial charge is 0.272 e. The van der Waals surface area contributed by atoms with Crippen LogP contribution in [0.3, 0.4) is 0 Å². The van der Waals surface area contributed by atoms with E-state index in [1.807, 2.05) is 23.9 Å². The molecular formula is C14H14N2S.